The van der Waals surface area contributed by atoms with Gasteiger partial charge in [-0.2, -0.15) is 0 Å². The van der Waals surface area contributed by atoms with Gasteiger partial charge in [0.15, 0.2) is 0 Å². The fraction of sp³-hybridized carbons (Fsp3) is 0.273. The van der Waals surface area contributed by atoms with E-state index in [9.17, 15) is 9.59 Å². The lowest BCUT2D eigenvalue weighted by Gasteiger charge is -2.31. The summed E-state index contributed by atoms with van der Waals surface area (Å²) in [5, 5.41) is 10.9. The van der Waals surface area contributed by atoms with E-state index in [-0.39, 0.29) is 17.7 Å². The predicted molar refractivity (Wildman–Crippen MR) is 114 cm³/mol. The van der Waals surface area contributed by atoms with Crippen molar-refractivity contribution >= 4 is 28.3 Å². The molecule has 1 aliphatic heterocycles. The molecule has 3 aromatic rings. The average molecular weight is 423 g/mol. The average Bonchev–Trinajstić information content (AvgIpc) is 3.31. The quantitative estimate of drug-likeness (QED) is 0.656. The minimum absolute atomic E-state index is 0.0229. The van der Waals surface area contributed by atoms with Gasteiger partial charge in [0.1, 0.15) is 17.9 Å². The third-order valence-electron chi connectivity index (χ3n) is 5.13. The Kier molecular flexibility index (Phi) is 6.34. The van der Waals surface area contributed by atoms with Gasteiger partial charge < -0.3 is 15.0 Å². The first-order valence-electron chi connectivity index (χ1n) is 9.83. The number of ether oxygens (including phenoxy) is 1. The highest BCUT2D eigenvalue weighted by molar-refractivity contribution is 7.13. The number of nitrogens with one attached hydrogen (secondary N) is 1. The van der Waals surface area contributed by atoms with Crippen molar-refractivity contribution in [2.75, 3.05) is 18.4 Å². The molecule has 1 fully saturated rings. The lowest BCUT2D eigenvalue weighted by molar-refractivity contribution is -0.121. The Labute approximate surface area is 178 Å². The molecule has 8 heteroatoms. The number of para-hydroxylation sites is 1. The first-order valence-corrected chi connectivity index (χ1v) is 10.7. The summed E-state index contributed by atoms with van der Waals surface area (Å²) < 4.78 is 5.83. The maximum atomic E-state index is 13.1. The van der Waals surface area contributed by atoms with Gasteiger partial charge in [-0.3, -0.25) is 9.59 Å². The molecular formula is C22H22N4O3S. The van der Waals surface area contributed by atoms with Crippen molar-refractivity contribution in [3.8, 4) is 5.75 Å². The Morgan fingerprint density at radius 2 is 1.80 bits per heavy atom. The van der Waals surface area contributed by atoms with Crippen LogP contribution in [-0.2, 0) is 11.4 Å². The first-order chi connectivity index (χ1) is 14.7. The summed E-state index contributed by atoms with van der Waals surface area (Å²) in [6, 6.07) is 17.1. The van der Waals surface area contributed by atoms with Crippen molar-refractivity contribution in [1.29, 1.82) is 0 Å². The molecule has 0 aliphatic carbocycles. The number of hydrogen-bond donors (Lipinski definition) is 1. The van der Waals surface area contributed by atoms with Crippen LogP contribution < -0.4 is 10.1 Å². The van der Waals surface area contributed by atoms with Gasteiger partial charge in [-0.05, 0) is 31.0 Å². The zero-order valence-corrected chi connectivity index (χ0v) is 17.2. The standard InChI is InChI=1S/C22H22N4O3S/c27-20(24-22-25-23-15-30-22)16-10-12-26(13-11-16)21(28)19-9-5-4-6-17(19)14-29-18-7-2-1-3-8-18/h1-9,15-16H,10-14H2,(H,24,25,27). The highest BCUT2D eigenvalue weighted by Crippen LogP contribution is 2.23. The van der Waals surface area contributed by atoms with Gasteiger partial charge in [0.05, 0.1) is 0 Å². The third kappa shape index (κ3) is 4.83. The summed E-state index contributed by atoms with van der Waals surface area (Å²) in [5.74, 6) is 0.553. The molecule has 2 amide bonds. The second-order valence-corrected chi connectivity index (χ2v) is 7.89. The summed E-state index contributed by atoms with van der Waals surface area (Å²) in [5.41, 5.74) is 3.07. The third-order valence-corrected chi connectivity index (χ3v) is 5.74. The van der Waals surface area contributed by atoms with Crippen molar-refractivity contribution in [2.45, 2.75) is 19.4 Å². The number of aromatic nitrogens is 2. The fourth-order valence-corrected chi connectivity index (χ4v) is 3.93. The molecule has 0 saturated carbocycles. The second-order valence-electron chi connectivity index (χ2n) is 7.06. The van der Waals surface area contributed by atoms with E-state index < -0.39 is 0 Å². The van der Waals surface area contributed by atoms with Crippen LogP contribution in [-0.4, -0.2) is 40.0 Å². The Bertz CT molecular complexity index is 987. The van der Waals surface area contributed by atoms with E-state index in [1.807, 2.05) is 59.5 Å². The Morgan fingerprint density at radius 1 is 1.07 bits per heavy atom. The monoisotopic (exact) mass is 422 g/mol. The molecule has 0 bridgehead atoms. The number of nitrogens with zero attached hydrogens (tertiary/aromatic N) is 3. The summed E-state index contributed by atoms with van der Waals surface area (Å²) in [4.78, 5) is 27.3. The molecule has 2 heterocycles. The van der Waals surface area contributed by atoms with Crippen LogP contribution in [0.1, 0.15) is 28.8 Å². The molecule has 0 radical (unpaired) electrons. The van der Waals surface area contributed by atoms with Gasteiger partial charge in [-0.1, -0.05) is 47.7 Å². The van der Waals surface area contributed by atoms with Gasteiger partial charge in [0.25, 0.3) is 5.91 Å². The SMILES string of the molecule is O=C(Nc1nncs1)C1CCN(C(=O)c2ccccc2COc2ccccc2)CC1. The Morgan fingerprint density at radius 3 is 2.53 bits per heavy atom. The molecule has 0 atom stereocenters. The van der Waals surface area contributed by atoms with Crippen LogP contribution in [0.2, 0.25) is 0 Å². The molecule has 7 nitrogen and oxygen atoms in total. The van der Waals surface area contributed by atoms with Crippen LogP contribution in [0.3, 0.4) is 0 Å². The van der Waals surface area contributed by atoms with Crippen LogP contribution >= 0.6 is 11.3 Å². The van der Waals surface area contributed by atoms with E-state index in [0.29, 0.717) is 43.2 Å². The van der Waals surface area contributed by atoms with Crippen molar-refractivity contribution < 1.29 is 14.3 Å². The van der Waals surface area contributed by atoms with Crippen molar-refractivity contribution in [1.82, 2.24) is 15.1 Å². The Balaban J connectivity index is 1.35. The number of piperidine rings is 1. The van der Waals surface area contributed by atoms with Gasteiger partial charge >= 0.3 is 0 Å². The summed E-state index contributed by atoms with van der Waals surface area (Å²) in [6.07, 6.45) is 1.25. The molecule has 4 rings (SSSR count). The minimum Gasteiger partial charge on any atom is -0.489 e. The van der Waals surface area contributed by atoms with Gasteiger partial charge in [-0.15, -0.1) is 10.2 Å². The van der Waals surface area contributed by atoms with Crippen LogP contribution in [0, 0.1) is 5.92 Å². The highest BCUT2D eigenvalue weighted by atomic mass is 32.1. The number of benzene rings is 2. The molecular weight excluding hydrogens is 400 g/mol. The van der Waals surface area contributed by atoms with E-state index in [2.05, 4.69) is 15.5 Å². The minimum atomic E-state index is -0.130. The molecule has 1 N–H and O–H groups in total. The van der Waals surface area contributed by atoms with Gasteiger partial charge in [-0.25, -0.2) is 0 Å². The van der Waals surface area contributed by atoms with Gasteiger partial charge in [0, 0.05) is 30.1 Å². The van der Waals surface area contributed by atoms with E-state index in [1.54, 1.807) is 5.51 Å². The zero-order chi connectivity index (χ0) is 20.8. The molecule has 1 aliphatic rings. The smallest absolute Gasteiger partial charge is 0.254 e. The summed E-state index contributed by atoms with van der Waals surface area (Å²) >= 11 is 1.29. The maximum absolute atomic E-state index is 13.1. The molecule has 2 aromatic carbocycles. The van der Waals surface area contributed by atoms with Crippen molar-refractivity contribution in [2.24, 2.45) is 5.92 Å². The fourth-order valence-electron chi connectivity index (χ4n) is 3.48. The van der Waals surface area contributed by atoms with E-state index in [4.69, 9.17) is 4.74 Å². The van der Waals surface area contributed by atoms with E-state index in [1.165, 1.54) is 11.3 Å². The lowest BCUT2D eigenvalue weighted by atomic mass is 9.95. The number of amides is 2. The van der Waals surface area contributed by atoms with Crippen LogP contribution in [0.4, 0.5) is 5.13 Å². The first kappa shape index (κ1) is 20.0. The summed E-state index contributed by atoms with van der Waals surface area (Å²) in [7, 11) is 0. The molecule has 0 unspecified atom stereocenters. The molecule has 1 aromatic heterocycles. The topological polar surface area (TPSA) is 84.4 Å². The predicted octanol–water partition coefficient (Wildman–Crippen LogP) is 3.61. The molecule has 1 saturated heterocycles. The van der Waals surface area contributed by atoms with Crippen LogP contribution in [0.15, 0.2) is 60.1 Å². The summed E-state index contributed by atoms with van der Waals surface area (Å²) in [6.45, 7) is 1.41. The lowest BCUT2D eigenvalue weighted by Crippen LogP contribution is -2.41. The van der Waals surface area contributed by atoms with Crippen LogP contribution in [0.5, 0.6) is 5.75 Å². The van der Waals surface area contributed by atoms with Crippen molar-refractivity contribution in [3.05, 3.63) is 71.2 Å². The molecule has 0 spiro atoms. The number of rotatable bonds is 6. The molecule has 154 valence electrons. The number of anilines is 1. The highest BCUT2D eigenvalue weighted by Gasteiger charge is 2.29. The normalized spacial score (nSPS) is 14.3. The maximum Gasteiger partial charge on any atom is 0.254 e. The number of hydrogen-bond acceptors (Lipinski definition) is 6. The van der Waals surface area contributed by atoms with Crippen molar-refractivity contribution in [3.63, 3.8) is 0 Å². The Hall–Kier alpha value is -3.26. The van der Waals surface area contributed by atoms with Gasteiger partial charge in [0.2, 0.25) is 11.0 Å². The molecule has 30 heavy (non-hydrogen) atoms. The number of carbonyl (C=O) groups excluding carboxylic acids is 2. The zero-order valence-electron chi connectivity index (χ0n) is 16.4. The number of likely N-dealkylation sites (tertiary alicyclic amines) is 1. The van der Waals surface area contributed by atoms with E-state index in [0.717, 1.165) is 11.3 Å². The largest absolute Gasteiger partial charge is 0.489 e. The number of carbonyl (C=O) groups is 2. The second kappa shape index (κ2) is 9.49. The van der Waals surface area contributed by atoms with Crippen LogP contribution in [0.25, 0.3) is 0 Å². The van der Waals surface area contributed by atoms with E-state index >= 15 is 0 Å².